The number of hydrogen-bond acceptors (Lipinski definition) is 16. The zero-order chi connectivity index (χ0) is 64.3. The summed E-state index contributed by atoms with van der Waals surface area (Å²) in [5.41, 5.74) is -1.61. The van der Waals surface area contributed by atoms with E-state index in [0.29, 0.717) is 16.7 Å². The summed E-state index contributed by atoms with van der Waals surface area (Å²) in [5.74, 6) is -4.10. The van der Waals surface area contributed by atoms with Crippen LogP contribution in [0.5, 0.6) is 5.75 Å². The molecule has 10 amide bonds. The van der Waals surface area contributed by atoms with Crippen molar-refractivity contribution in [2.45, 2.75) is 208 Å². The predicted molar refractivity (Wildman–Crippen MR) is 315 cm³/mol. The van der Waals surface area contributed by atoms with Crippen LogP contribution in [0.15, 0.2) is 36.4 Å². The van der Waals surface area contributed by atoms with Crippen molar-refractivity contribution in [3.05, 3.63) is 53.1 Å². The lowest BCUT2D eigenvalue weighted by molar-refractivity contribution is -0.133. The maximum Gasteiger partial charge on any atom is 0.408 e. The Hall–Kier alpha value is -8.06. The van der Waals surface area contributed by atoms with E-state index in [9.17, 15) is 53.1 Å². The fourth-order valence-corrected chi connectivity index (χ4v) is 8.06. The molecular formula is C59H92N10O16. The third kappa shape index (κ3) is 28.4. The first-order chi connectivity index (χ1) is 39.2. The third-order valence-corrected chi connectivity index (χ3v) is 11.8. The van der Waals surface area contributed by atoms with Crippen molar-refractivity contribution >= 4 is 60.0 Å². The van der Waals surface area contributed by atoms with Crippen molar-refractivity contribution in [2.24, 2.45) is 0 Å². The lowest BCUT2D eigenvalue weighted by Gasteiger charge is -2.27. The first kappa shape index (κ1) is 71.2. The van der Waals surface area contributed by atoms with Gasteiger partial charge in [-0.1, -0.05) is 24.3 Å². The van der Waals surface area contributed by atoms with Crippen LogP contribution in [0.1, 0.15) is 146 Å². The molecule has 0 saturated carbocycles. The van der Waals surface area contributed by atoms with Gasteiger partial charge in [0.2, 0.25) is 29.5 Å². The number of carbonyl (C=O) groups excluding carboxylic acids is 10. The molecule has 0 spiro atoms. The molecule has 26 heteroatoms. The Kier molecular flexibility index (Phi) is 26.1. The summed E-state index contributed by atoms with van der Waals surface area (Å²) in [6.45, 7) is 26.0. The minimum Gasteiger partial charge on any atom is -0.508 e. The fraction of sp³-hybridized carbons (Fsp3) is 0.627. The molecule has 0 aliphatic carbocycles. The lowest BCUT2D eigenvalue weighted by atomic mass is 9.93. The van der Waals surface area contributed by atoms with Gasteiger partial charge in [-0.2, -0.15) is 0 Å². The molecule has 0 fully saturated rings. The second kappa shape index (κ2) is 31.2. The van der Waals surface area contributed by atoms with Crippen LogP contribution in [-0.4, -0.2) is 156 Å². The van der Waals surface area contributed by atoms with Gasteiger partial charge in [-0.25, -0.2) is 24.0 Å². The molecule has 1 aliphatic heterocycles. The van der Waals surface area contributed by atoms with E-state index in [1.807, 2.05) is 12.1 Å². The number of ether oxygens (including phenoxy) is 5. The van der Waals surface area contributed by atoms with Crippen LogP contribution in [0, 0.1) is 6.92 Å². The molecule has 2 aromatic carbocycles. The van der Waals surface area contributed by atoms with E-state index in [0.717, 1.165) is 5.56 Å². The Morgan fingerprint density at radius 3 is 1.55 bits per heavy atom. The van der Waals surface area contributed by atoms with Gasteiger partial charge in [-0.15, -0.1) is 0 Å². The van der Waals surface area contributed by atoms with Crippen molar-refractivity contribution in [1.29, 1.82) is 0 Å². The molecule has 0 saturated heterocycles. The Bertz CT molecular complexity index is 2680. The molecule has 1 heterocycles. The Morgan fingerprint density at radius 2 is 0.988 bits per heavy atom. The average Bonchev–Trinajstić information content (AvgIpc) is 2.77. The molecule has 11 N–H and O–H groups in total. The third-order valence-electron chi connectivity index (χ3n) is 11.8. The Morgan fingerprint density at radius 1 is 0.529 bits per heavy atom. The van der Waals surface area contributed by atoms with Gasteiger partial charge in [-0.3, -0.25) is 24.0 Å². The SMILES string of the molecule is Cc1ccc2cc1C[C@@H](C(=O)NC[C@H](NC(=O)OC(C)(C)C)C(=O)NCCC[C@H](NC(=O)OC(C)(C)C)C(=O)NCCNC(=O)OC(C)(C)C)NC(=O)[C@H](CCCNC(=O)OC(C)(C)C)NC(=O)[C@@H](NC(=O)OC(C)(C)C)Cc1cc-2ccc1O. The monoisotopic (exact) mass is 1200 g/mol. The number of aromatic hydroxyl groups is 1. The van der Waals surface area contributed by atoms with Gasteiger partial charge in [0.25, 0.3) is 0 Å². The maximum absolute atomic E-state index is 14.7. The summed E-state index contributed by atoms with van der Waals surface area (Å²) < 4.78 is 26.9. The molecule has 0 unspecified atom stereocenters. The van der Waals surface area contributed by atoms with Gasteiger partial charge in [0.05, 0.1) is 0 Å². The number of rotatable bonds is 19. The zero-order valence-electron chi connectivity index (χ0n) is 52.2. The molecule has 2 aromatic rings. The van der Waals surface area contributed by atoms with Gasteiger partial charge >= 0.3 is 30.5 Å². The lowest BCUT2D eigenvalue weighted by Crippen LogP contribution is -2.59. The van der Waals surface area contributed by atoms with E-state index in [1.54, 1.807) is 129 Å². The highest BCUT2D eigenvalue weighted by molar-refractivity contribution is 5.95. The highest BCUT2D eigenvalue weighted by atomic mass is 16.6. The topological polar surface area (TPSA) is 357 Å². The van der Waals surface area contributed by atoms with Gasteiger partial charge in [0.15, 0.2) is 0 Å². The molecule has 85 heavy (non-hydrogen) atoms. The number of phenols is 1. The van der Waals surface area contributed by atoms with Gasteiger partial charge in [0, 0.05) is 45.6 Å². The number of aryl methyl sites for hydroxylation is 1. The normalized spacial score (nSPS) is 16.5. The fourth-order valence-electron chi connectivity index (χ4n) is 8.06. The van der Waals surface area contributed by atoms with E-state index in [4.69, 9.17) is 23.7 Å². The highest BCUT2D eigenvalue weighted by Crippen LogP contribution is 2.29. The Balaban J connectivity index is 1.99. The number of carbonyl (C=O) groups is 10. The summed E-state index contributed by atoms with van der Waals surface area (Å²) >= 11 is 0. The molecule has 3 rings (SSSR count). The van der Waals surface area contributed by atoms with Crippen LogP contribution in [0.25, 0.3) is 11.1 Å². The Labute approximate surface area is 498 Å². The van der Waals surface area contributed by atoms with Crippen molar-refractivity contribution in [2.75, 3.05) is 32.7 Å². The number of fused-ring (bicyclic) bond motifs is 5. The van der Waals surface area contributed by atoms with E-state index in [1.165, 1.54) is 6.07 Å². The molecular weight excluding hydrogens is 1100 g/mol. The van der Waals surface area contributed by atoms with Crippen molar-refractivity contribution in [1.82, 2.24) is 53.2 Å². The summed E-state index contributed by atoms with van der Waals surface area (Å²) in [7, 11) is 0. The summed E-state index contributed by atoms with van der Waals surface area (Å²) in [4.78, 5) is 135. The van der Waals surface area contributed by atoms with Crippen LogP contribution in [0.2, 0.25) is 0 Å². The number of amides is 10. The van der Waals surface area contributed by atoms with E-state index < -0.39 is 125 Å². The molecule has 0 aromatic heterocycles. The van der Waals surface area contributed by atoms with Crippen LogP contribution >= 0.6 is 0 Å². The average molecular weight is 1200 g/mol. The first-order valence-electron chi connectivity index (χ1n) is 28.4. The molecule has 26 nitrogen and oxygen atoms in total. The molecule has 4 bridgehead atoms. The van der Waals surface area contributed by atoms with Crippen LogP contribution in [-0.2, 0) is 60.5 Å². The summed E-state index contributed by atoms with van der Waals surface area (Å²) in [5, 5.41) is 37.4. The first-order valence-corrected chi connectivity index (χ1v) is 28.4. The largest absolute Gasteiger partial charge is 0.508 e. The van der Waals surface area contributed by atoms with Gasteiger partial charge in [-0.05, 0) is 176 Å². The maximum atomic E-state index is 14.7. The second-order valence-electron chi connectivity index (χ2n) is 25.6. The number of phenolic OH excluding ortho intramolecular Hbond substituents is 1. The van der Waals surface area contributed by atoms with Gasteiger partial charge < -0.3 is 82.0 Å². The number of hydrogen-bond donors (Lipinski definition) is 11. The highest BCUT2D eigenvalue weighted by Gasteiger charge is 2.34. The minimum absolute atomic E-state index is 0.00561. The number of alkyl carbamates (subject to hydrolysis) is 5. The van der Waals surface area contributed by atoms with Crippen LogP contribution in [0.3, 0.4) is 0 Å². The standard InChI is InChI=1S/C59H92N10O16/c1-34-21-22-35-29-37(34)31-41(66-48(74)40(20-18-26-62-50(76)81-55(2,3)4)65-49(75)42(68-53(79)84-58(11,12)13)32-38-30-36(35)23-24-44(38)70)46(72)64-33-43(69-54(80)85-59(14,15)16)47(73)60-25-17-19-39(67-52(78)83-57(8,9)10)45(71)61-27-28-63-51(77)82-56(5,6)7/h21-24,29-30,39-43,70H,17-20,25-28,31-33H2,1-16H3,(H,60,73)(H,61,71)(H,62,76)(H,63,77)(H,64,72)(H,65,75)(H,66,74)(H,67,78)(H,68,79)(H,69,80)/t39-,40-,41-,42-,43-/m0/s1. The van der Waals surface area contributed by atoms with Crippen LogP contribution in [0.4, 0.5) is 24.0 Å². The summed E-state index contributed by atoms with van der Waals surface area (Å²) in [6.07, 6.45) is -4.61. The van der Waals surface area contributed by atoms with Crippen molar-refractivity contribution in [3.8, 4) is 16.9 Å². The van der Waals surface area contributed by atoms with Gasteiger partial charge in [0.1, 0.15) is 64.0 Å². The number of nitrogens with one attached hydrogen (secondary N) is 10. The number of benzene rings is 2. The zero-order valence-corrected chi connectivity index (χ0v) is 52.2. The van der Waals surface area contributed by atoms with Crippen LogP contribution < -0.4 is 53.2 Å². The van der Waals surface area contributed by atoms with E-state index in [-0.39, 0.29) is 76.0 Å². The smallest absolute Gasteiger partial charge is 0.408 e. The predicted octanol–water partition coefficient (Wildman–Crippen LogP) is 5.07. The van der Waals surface area contributed by atoms with Crippen molar-refractivity contribution < 1.29 is 76.7 Å². The molecule has 1 aliphatic rings. The molecule has 474 valence electrons. The minimum atomic E-state index is -1.50. The summed E-state index contributed by atoms with van der Waals surface area (Å²) in [6, 6.07) is 3.27. The van der Waals surface area contributed by atoms with E-state index in [2.05, 4.69) is 53.2 Å². The molecule has 0 radical (unpaired) electrons. The van der Waals surface area contributed by atoms with E-state index >= 15 is 0 Å². The van der Waals surface area contributed by atoms with Crippen molar-refractivity contribution in [3.63, 3.8) is 0 Å². The quantitative estimate of drug-likeness (QED) is 0.0646. The molecule has 5 atom stereocenters. The second-order valence-corrected chi connectivity index (χ2v) is 25.6.